The Labute approximate surface area is 92.1 Å². The summed E-state index contributed by atoms with van der Waals surface area (Å²) in [6.07, 6.45) is 6.69. The van der Waals surface area contributed by atoms with Crippen molar-refractivity contribution < 1.29 is 5.32 Å². The normalized spacial score (nSPS) is 22.3. The average molecular weight is 205 g/mol. The van der Waals surface area contributed by atoms with Crippen molar-refractivity contribution in [2.24, 2.45) is 0 Å². The van der Waals surface area contributed by atoms with Gasteiger partial charge in [0, 0.05) is 17.8 Å². The molecule has 2 heteroatoms. The highest BCUT2D eigenvalue weighted by Gasteiger charge is 2.15. The highest BCUT2D eigenvalue weighted by Crippen LogP contribution is 2.08. The molecule has 0 saturated carbocycles. The predicted molar refractivity (Wildman–Crippen MR) is 61.7 cm³/mol. The highest BCUT2D eigenvalue weighted by atomic mass is 14.9. The Balaban J connectivity index is 1.95. The number of hydrogen-bond donors (Lipinski definition) is 1. The van der Waals surface area contributed by atoms with Gasteiger partial charge in [-0.2, -0.15) is 0 Å². The molecule has 0 amide bonds. The minimum Gasteiger partial charge on any atom is -0.343 e. The molecule has 1 aliphatic heterocycles. The lowest BCUT2D eigenvalue weighted by molar-refractivity contribution is -0.687. The van der Waals surface area contributed by atoms with Gasteiger partial charge in [-0.15, -0.1) is 0 Å². The molecule has 1 fully saturated rings. The molecule has 0 bridgehead atoms. The van der Waals surface area contributed by atoms with Crippen LogP contribution in [0.4, 0.5) is 0 Å². The first-order chi connectivity index (χ1) is 7.34. The highest BCUT2D eigenvalue weighted by molar-refractivity contribution is 5.10. The molecule has 1 aromatic rings. The van der Waals surface area contributed by atoms with Gasteiger partial charge in [-0.3, -0.25) is 4.98 Å². The summed E-state index contributed by atoms with van der Waals surface area (Å²) in [5.74, 6) is 0. The van der Waals surface area contributed by atoms with Crippen molar-refractivity contribution in [2.45, 2.75) is 45.1 Å². The Morgan fingerprint density at radius 1 is 1.33 bits per heavy atom. The lowest BCUT2D eigenvalue weighted by Gasteiger charge is -2.12. The van der Waals surface area contributed by atoms with Crippen LogP contribution in [-0.2, 0) is 6.42 Å². The Kier molecular flexibility index (Phi) is 3.73. The fourth-order valence-electron chi connectivity index (χ4n) is 2.37. The first kappa shape index (κ1) is 10.6. The number of aromatic nitrogens is 1. The summed E-state index contributed by atoms with van der Waals surface area (Å²) in [6.45, 7) is 3.37. The molecular weight excluding hydrogens is 184 g/mol. The van der Waals surface area contributed by atoms with E-state index in [9.17, 15) is 0 Å². The van der Waals surface area contributed by atoms with Crippen molar-refractivity contribution in [1.82, 2.24) is 4.98 Å². The predicted octanol–water partition coefficient (Wildman–Crippen LogP) is 1.44. The molecule has 15 heavy (non-hydrogen) atoms. The number of aryl methyl sites for hydroxylation is 1. The summed E-state index contributed by atoms with van der Waals surface area (Å²) < 4.78 is 0. The maximum Gasteiger partial charge on any atom is 0.0915 e. The zero-order valence-corrected chi connectivity index (χ0v) is 9.58. The second-order valence-electron chi connectivity index (χ2n) is 4.61. The van der Waals surface area contributed by atoms with Gasteiger partial charge in [0.25, 0.3) is 0 Å². The third-order valence-corrected chi connectivity index (χ3v) is 3.20. The van der Waals surface area contributed by atoms with Gasteiger partial charge in [-0.25, -0.2) is 0 Å². The molecular formula is C13H21N2+. The minimum atomic E-state index is 0.766. The topological polar surface area (TPSA) is 29.5 Å². The van der Waals surface area contributed by atoms with Crippen molar-refractivity contribution in [3.8, 4) is 0 Å². The average Bonchev–Trinajstić information content (AvgIpc) is 2.46. The van der Waals surface area contributed by atoms with Gasteiger partial charge >= 0.3 is 0 Å². The molecule has 2 N–H and O–H groups in total. The molecule has 1 atom stereocenters. The Hall–Kier alpha value is -0.890. The lowest BCUT2D eigenvalue weighted by atomic mass is 10.1. The largest absolute Gasteiger partial charge is 0.343 e. The van der Waals surface area contributed by atoms with Gasteiger partial charge in [-0.05, 0) is 44.7 Å². The molecule has 82 valence electrons. The summed E-state index contributed by atoms with van der Waals surface area (Å²) in [6, 6.07) is 7.11. The third kappa shape index (κ3) is 3.31. The standard InChI is InChI=1S/C13H20N2/c1-11-6-5-8-13(15-11)10-12-7-3-2-4-9-14-12/h5-6,8,12,14H,2-4,7,9-10H2,1H3/p+1/t12-/m0/s1. The van der Waals surface area contributed by atoms with Crippen LogP contribution in [0.5, 0.6) is 0 Å². The van der Waals surface area contributed by atoms with E-state index in [2.05, 4.69) is 35.4 Å². The summed E-state index contributed by atoms with van der Waals surface area (Å²) in [7, 11) is 0. The lowest BCUT2D eigenvalue weighted by Crippen LogP contribution is -2.90. The van der Waals surface area contributed by atoms with E-state index in [4.69, 9.17) is 0 Å². The molecule has 2 heterocycles. The number of quaternary nitrogens is 1. The molecule has 1 saturated heterocycles. The SMILES string of the molecule is Cc1cccc(C[C@@H]2CCCCC[NH2+]2)n1. The van der Waals surface area contributed by atoms with Gasteiger partial charge in [0.05, 0.1) is 12.6 Å². The third-order valence-electron chi connectivity index (χ3n) is 3.20. The van der Waals surface area contributed by atoms with E-state index in [1.54, 1.807) is 0 Å². The molecule has 1 aromatic heterocycles. The van der Waals surface area contributed by atoms with E-state index < -0.39 is 0 Å². The van der Waals surface area contributed by atoms with Crippen LogP contribution in [0, 0.1) is 6.92 Å². The van der Waals surface area contributed by atoms with Crippen molar-refractivity contribution >= 4 is 0 Å². The quantitative estimate of drug-likeness (QED) is 0.778. The van der Waals surface area contributed by atoms with Crippen molar-refractivity contribution in [3.05, 3.63) is 29.6 Å². The number of nitrogens with zero attached hydrogens (tertiary/aromatic N) is 1. The van der Waals surface area contributed by atoms with Gasteiger partial charge in [0.15, 0.2) is 0 Å². The van der Waals surface area contributed by atoms with E-state index in [1.165, 1.54) is 37.9 Å². The van der Waals surface area contributed by atoms with Crippen LogP contribution in [0.2, 0.25) is 0 Å². The molecule has 0 aliphatic carbocycles. The maximum atomic E-state index is 4.58. The summed E-state index contributed by atoms with van der Waals surface area (Å²) in [5, 5.41) is 2.51. The zero-order valence-electron chi connectivity index (χ0n) is 9.58. The van der Waals surface area contributed by atoms with Crippen molar-refractivity contribution in [2.75, 3.05) is 6.54 Å². The van der Waals surface area contributed by atoms with E-state index in [0.29, 0.717) is 0 Å². The van der Waals surface area contributed by atoms with Gasteiger partial charge in [0.1, 0.15) is 0 Å². The van der Waals surface area contributed by atoms with Crippen LogP contribution >= 0.6 is 0 Å². The Bertz CT molecular complexity index is 301. The van der Waals surface area contributed by atoms with E-state index in [-0.39, 0.29) is 0 Å². The van der Waals surface area contributed by atoms with Gasteiger partial charge < -0.3 is 5.32 Å². The Morgan fingerprint density at radius 2 is 2.27 bits per heavy atom. The fraction of sp³-hybridized carbons (Fsp3) is 0.615. The first-order valence-corrected chi connectivity index (χ1v) is 6.10. The van der Waals surface area contributed by atoms with Crippen molar-refractivity contribution in [1.29, 1.82) is 0 Å². The van der Waals surface area contributed by atoms with Crippen LogP contribution in [0.1, 0.15) is 37.1 Å². The first-order valence-electron chi connectivity index (χ1n) is 6.10. The van der Waals surface area contributed by atoms with Gasteiger partial charge in [0.2, 0.25) is 0 Å². The molecule has 0 spiro atoms. The summed E-state index contributed by atoms with van der Waals surface area (Å²) in [5.41, 5.74) is 2.40. The second kappa shape index (κ2) is 5.26. The molecule has 2 nitrogen and oxygen atoms in total. The summed E-state index contributed by atoms with van der Waals surface area (Å²) >= 11 is 0. The van der Waals surface area contributed by atoms with Crippen LogP contribution in [0.3, 0.4) is 0 Å². The summed E-state index contributed by atoms with van der Waals surface area (Å²) in [4.78, 5) is 4.58. The molecule has 0 aromatic carbocycles. The van der Waals surface area contributed by atoms with Gasteiger partial charge in [-0.1, -0.05) is 6.07 Å². The Morgan fingerprint density at radius 3 is 3.13 bits per heavy atom. The van der Waals surface area contributed by atoms with Crippen LogP contribution < -0.4 is 5.32 Å². The van der Waals surface area contributed by atoms with Crippen LogP contribution in [-0.4, -0.2) is 17.6 Å². The van der Waals surface area contributed by atoms with Crippen molar-refractivity contribution in [3.63, 3.8) is 0 Å². The molecule has 1 aliphatic rings. The monoisotopic (exact) mass is 205 g/mol. The van der Waals surface area contributed by atoms with E-state index >= 15 is 0 Å². The fourth-order valence-corrected chi connectivity index (χ4v) is 2.37. The molecule has 0 unspecified atom stereocenters. The maximum absolute atomic E-state index is 4.58. The number of rotatable bonds is 2. The molecule has 2 rings (SSSR count). The van der Waals surface area contributed by atoms with E-state index in [1.807, 2.05) is 0 Å². The number of nitrogens with two attached hydrogens (primary N) is 1. The van der Waals surface area contributed by atoms with E-state index in [0.717, 1.165) is 18.2 Å². The second-order valence-corrected chi connectivity index (χ2v) is 4.61. The number of pyridine rings is 1. The zero-order chi connectivity index (χ0) is 10.5. The smallest absolute Gasteiger partial charge is 0.0915 e. The minimum absolute atomic E-state index is 0.766. The number of hydrogen-bond acceptors (Lipinski definition) is 1. The van der Waals surface area contributed by atoms with Crippen LogP contribution in [0.25, 0.3) is 0 Å². The molecule has 0 radical (unpaired) electrons. The van der Waals surface area contributed by atoms with Crippen LogP contribution in [0.15, 0.2) is 18.2 Å².